The maximum Gasteiger partial charge on any atom is 0.270 e. The van der Waals surface area contributed by atoms with Crippen LogP contribution in [-0.2, 0) is 11.2 Å². The second-order valence-electron chi connectivity index (χ2n) is 5.13. The van der Waals surface area contributed by atoms with Crippen molar-refractivity contribution >= 4 is 45.9 Å². The molecule has 3 N–H and O–H groups in total. The summed E-state index contributed by atoms with van der Waals surface area (Å²) in [5.41, 5.74) is 8.17. The number of hydrogen-bond acceptors (Lipinski definition) is 9. The number of nitrogens with two attached hydrogens (primary N) is 1. The molecule has 1 aromatic carbocycles. The number of furan rings is 1. The monoisotopic (exact) mass is 406 g/mol. The highest BCUT2D eigenvalue weighted by molar-refractivity contribution is 7.15. The summed E-state index contributed by atoms with van der Waals surface area (Å²) in [6.07, 6.45) is 1.32. The number of halogens is 1. The SMILES string of the molecule is Nc1nnc(CC(=O)N/N=C\c2ccc(-c3ccc([N+](=O)[O-])cc3Cl)o2)s1. The number of nitrogens with one attached hydrogen (secondary N) is 1. The Morgan fingerprint density at radius 1 is 1.41 bits per heavy atom. The molecule has 12 heteroatoms. The van der Waals surface area contributed by atoms with E-state index in [4.69, 9.17) is 21.8 Å². The fraction of sp³-hybridized carbons (Fsp3) is 0.0667. The number of non-ortho nitro benzene ring substituents is 1. The van der Waals surface area contributed by atoms with Gasteiger partial charge in [-0.05, 0) is 18.2 Å². The molecule has 10 nitrogen and oxygen atoms in total. The zero-order valence-electron chi connectivity index (χ0n) is 13.5. The molecular weight excluding hydrogens is 396 g/mol. The number of nitro groups is 1. The van der Waals surface area contributed by atoms with Crippen LogP contribution < -0.4 is 11.2 Å². The highest BCUT2D eigenvalue weighted by Gasteiger charge is 2.13. The molecular formula is C15H11ClN6O4S. The lowest BCUT2D eigenvalue weighted by Gasteiger charge is -2.00. The van der Waals surface area contributed by atoms with Gasteiger partial charge in [0.05, 0.1) is 22.6 Å². The lowest BCUT2D eigenvalue weighted by atomic mass is 10.1. The number of anilines is 1. The van der Waals surface area contributed by atoms with Crippen molar-refractivity contribution in [3.8, 4) is 11.3 Å². The van der Waals surface area contributed by atoms with E-state index in [-0.39, 0.29) is 28.2 Å². The van der Waals surface area contributed by atoms with Gasteiger partial charge >= 0.3 is 0 Å². The Balaban J connectivity index is 1.63. The van der Waals surface area contributed by atoms with Gasteiger partial charge < -0.3 is 10.2 Å². The lowest BCUT2D eigenvalue weighted by Crippen LogP contribution is -2.19. The van der Waals surface area contributed by atoms with Gasteiger partial charge in [0.15, 0.2) is 0 Å². The van der Waals surface area contributed by atoms with E-state index in [2.05, 4.69) is 20.7 Å². The Labute approximate surface area is 160 Å². The number of carbonyl (C=O) groups excluding carboxylic acids is 1. The fourth-order valence-electron chi connectivity index (χ4n) is 2.07. The number of hydrazone groups is 1. The maximum atomic E-state index is 11.7. The van der Waals surface area contributed by atoms with Crippen LogP contribution in [0.3, 0.4) is 0 Å². The van der Waals surface area contributed by atoms with Gasteiger partial charge in [-0.3, -0.25) is 14.9 Å². The third kappa shape index (κ3) is 4.65. The fourth-order valence-corrected chi connectivity index (χ4v) is 2.94. The number of nitrogens with zero attached hydrogens (tertiary/aromatic N) is 4. The highest BCUT2D eigenvalue weighted by atomic mass is 35.5. The van der Waals surface area contributed by atoms with Crippen molar-refractivity contribution in [3.05, 3.63) is 56.2 Å². The van der Waals surface area contributed by atoms with Crippen LogP contribution in [0, 0.1) is 10.1 Å². The minimum absolute atomic E-state index is 0.00795. The lowest BCUT2D eigenvalue weighted by molar-refractivity contribution is -0.384. The van der Waals surface area contributed by atoms with Gasteiger partial charge in [-0.15, -0.1) is 10.2 Å². The van der Waals surface area contributed by atoms with E-state index in [1.54, 1.807) is 12.1 Å². The van der Waals surface area contributed by atoms with Gasteiger partial charge in [0.1, 0.15) is 16.5 Å². The molecule has 0 atom stereocenters. The summed E-state index contributed by atoms with van der Waals surface area (Å²) < 4.78 is 5.56. The van der Waals surface area contributed by atoms with E-state index >= 15 is 0 Å². The van der Waals surface area contributed by atoms with Crippen LogP contribution in [0.2, 0.25) is 5.02 Å². The third-order valence-corrected chi connectivity index (χ3v) is 4.30. The van der Waals surface area contributed by atoms with E-state index in [0.29, 0.717) is 22.1 Å². The van der Waals surface area contributed by atoms with Crippen molar-refractivity contribution in [2.24, 2.45) is 5.10 Å². The molecule has 0 aliphatic carbocycles. The first-order valence-electron chi connectivity index (χ1n) is 7.36. The first-order valence-corrected chi connectivity index (χ1v) is 8.56. The van der Waals surface area contributed by atoms with Crippen molar-refractivity contribution in [3.63, 3.8) is 0 Å². The van der Waals surface area contributed by atoms with E-state index in [1.807, 2.05) is 0 Å². The normalized spacial score (nSPS) is 11.0. The molecule has 2 heterocycles. The van der Waals surface area contributed by atoms with Crippen LogP contribution in [0.5, 0.6) is 0 Å². The molecule has 0 unspecified atom stereocenters. The Morgan fingerprint density at radius 2 is 2.22 bits per heavy atom. The van der Waals surface area contributed by atoms with Crippen LogP contribution in [0.25, 0.3) is 11.3 Å². The standard InChI is InChI=1S/C15H11ClN6O4S/c16-11-5-8(22(24)25)1-3-10(11)12-4-2-9(26-12)7-18-19-13(23)6-14-20-21-15(17)27-14/h1-5,7H,6H2,(H2,17,21)(H,19,23)/b18-7-. The molecule has 0 bridgehead atoms. The van der Waals surface area contributed by atoms with Gasteiger partial charge in [-0.1, -0.05) is 22.9 Å². The summed E-state index contributed by atoms with van der Waals surface area (Å²) in [5, 5.41) is 22.9. The Bertz CT molecular complexity index is 1030. The van der Waals surface area contributed by atoms with Crippen LogP contribution in [0.1, 0.15) is 10.8 Å². The molecule has 0 radical (unpaired) electrons. The van der Waals surface area contributed by atoms with Crippen LogP contribution in [0.4, 0.5) is 10.8 Å². The highest BCUT2D eigenvalue weighted by Crippen LogP contribution is 2.32. The van der Waals surface area contributed by atoms with Crippen molar-refractivity contribution in [2.75, 3.05) is 5.73 Å². The topological polar surface area (TPSA) is 150 Å². The van der Waals surface area contributed by atoms with Crippen LogP contribution in [0.15, 0.2) is 39.9 Å². The Morgan fingerprint density at radius 3 is 2.89 bits per heavy atom. The average Bonchev–Trinajstić information content (AvgIpc) is 3.24. The molecule has 27 heavy (non-hydrogen) atoms. The summed E-state index contributed by atoms with van der Waals surface area (Å²) >= 11 is 7.19. The number of nitro benzene ring substituents is 1. The summed E-state index contributed by atoms with van der Waals surface area (Å²) in [5.74, 6) is 0.388. The molecule has 0 fully saturated rings. The molecule has 138 valence electrons. The van der Waals surface area contributed by atoms with Gasteiger partial charge in [-0.2, -0.15) is 5.10 Å². The molecule has 0 saturated carbocycles. The third-order valence-electron chi connectivity index (χ3n) is 3.23. The summed E-state index contributed by atoms with van der Waals surface area (Å²) in [4.78, 5) is 22.0. The van der Waals surface area contributed by atoms with Gasteiger partial charge in [0.25, 0.3) is 5.69 Å². The van der Waals surface area contributed by atoms with Crippen molar-refractivity contribution in [1.82, 2.24) is 15.6 Å². The second-order valence-corrected chi connectivity index (χ2v) is 6.63. The molecule has 3 rings (SSSR count). The smallest absolute Gasteiger partial charge is 0.270 e. The quantitative estimate of drug-likeness (QED) is 0.363. The largest absolute Gasteiger partial charge is 0.455 e. The summed E-state index contributed by atoms with van der Waals surface area (Å²) in [7, 11) is 0. The van der Waals surface area contributed by atoms with Crippen LogP contribution >= 0.6 is 22.9 Å². The number of aromatic nitrogens is 2. The Hall–Kier alpha value is -3.31. The van der Waals surface area contributed by atoms with Crippen molar-refractivity contribution < 1.29 is 14.1 Å². The molecule has 0 aliphatic rings. The maximum absolute atomic E-state index is 11.7. The van der Waals surface area contributed by atoms with Crippen molar-refractivity contribution in [1.29, 1.82) is 0 Å². The number of carbonyl (C=O) groups is 1. The van der Waals surface area contributed by atoms with Gasteiger partial charge in [0.2, 0.25) is 11.0 Å². The number of hydrogen-bond donors (Lipinski definition) is 2. The number of rotatable bonds is 6. The summed E-state index contributed by atoms with van der Waals surface area (Å²) in [6, 6.07) is 7.33. The predicted octanol–water partition coefficient (Wildman–Crippen LogP) is 2.63. The molecule has 0 saturated heterocycles. The number of benzene rings is 1. The van der Waals surface area contributed by atoms with Crippen molar-refractivity contribution in [2.45, 2.75) is 6.42 Å². The first-order chi connectivity index (χ1) is 12.9. The van der Waals surface area contributed by atoms with Crippen LogP contribution in [-0.4, -0.2) is 27.2 Å². The molecule has 2 aromatic heterocycles. The van der Waals surface area contributed by atoms with E-state index in [0.717, 1.165) is 11.3 Å². The summed E-state index contributed by atoms with van der Waals surface area (Å²) in [6.45, 7) is 0. The predicted molar refractivity (Wildman–Crippen MR) is 99.6 cm³/mol. The van der Waals surface area contributed by atoms with Gasteiger partial charge in [-0.25, -0.2) is 5.43 Å². The number of amides is 1. The Kier molecular flexibility index (Phi) is 5.43. The first kappa shape index (κ1) is 18.5. The average molecular weight is 407 g/mol. The zero-order valence-corrected chi connectivity index (χ0v) is 15.0. The van der Waals surface area contributed by atoms with E-state index in [1.165, 1.54) is 24.4 Å². The molecule has 3 aromatic rings. The molecule has 1 amide bonds. The van der Waals surface area contributed by atoms with E-state index in [9.17, 15) is 14.9 Å². The van der Waals surface area contributed by atoms with E-state index < -0.39 is 4.92 Å². The molecule has 0 spiro atoms. The zero-order chi connectivity index (χ0) is 19.4. The van der Waals surface area contributed by atoms with Gasteiger partial charge in [0, 0.05) is 17.7 Å². The number of nitrogen functional groups attached to an aromatic ring is 1. The minimum atomic E-state index is -0.533. The minimum Gasteiger partial charge on any atom is -0.455 e. The second kappa shape index (κ2) is 7.93. The molecule has 0 aliphatic heterocycles.